The van der Waals surface area contributed by atoms with Crippen molar-refractivity contribution in [3.63, 3.8) is 0 Å². The predicted molar refractivity (Wildman–Crippen MR) is 138 cm³/mol. The van der Waals surface area contributed by atoms with Crippen LogP contribution in [0, 0.1) is 0 Å². The van der Waals surface area contributed by atoms with Crippen molar-refractivity contribution in [1.29, 1.82) is 0 Å². The maximum absolute atomic E-state index is 11.0. The first-order valence-electron chi connectivity index (χ1n) is 11.1. The molecule has 0 aliphatic rings. The van der Waals surface area contributed by atoms with E-state index in [1.165, 1.54) is 5.32 Å². The molecule has 0 fully saturated rings. The number of nitrogens with two attached hydrogens (primary N) is 2. The molecule has 8 N–H and O–H groups in total. The van der Waals surface area contributed by atoms with Gasteiger partial charge >= 0.3 is 11.9 Å². The number of nitrogens with one attached hydrogen (secondary N) is 2. The van der Waals surface area contributed by atoms with Crippen molar-refractivity contribution in [2.45, 2.75) is 44.6 Å². The Morgan fingerprint density at radius 1 is 0.853 bits per heavy atom. The van der Waals surface area contributed by atoms with Crippen LogP contribution >= 0.6 is 0 Å². The number of benzene rings is 2. The van der Waals surface area contributed by atoms with E-state index in [1.54, 1.807) is 0 Å². The Kier molecular flexibility index (Phi) is 7.60. The smallest absolute Gasteiger partial charge is 0.320 e. The summed E-state index contributed by atoms with van der Waals surface area (Å²) < 4.78 is 0. The number of fused-ring (bicyclic) bond motifs is 2. The Bertz CT molecular complexity index is 1310. The minimum atomic E-state index is -1.57. The number of aliphatic carboxylic acids is 2. The minimum absolute atomic E-state index is 0.347. The third kappa shape index (κ3) is 5.74. The maximum Gasteiger partial charge on any atom is 0.320 e. The van der Waals surface area contributed by atoms with Gasteiger partial charge in [-0.2, -0.15) is 0 Å². The molecule has 0 spiro atoms. The zero-order valence-electron chi connectivity index (χ0n) is 19.6. The first-order chi connectivity index (χ1) is 16.0. The third-order valence-corrected chi connectivity index (χ3v) is 7.66. The summed E-state index contributed by atoms with van der Waals surface area (Å²) in [5, 5.41) is 21.1. The summed E-state index contributed by atoms with van der Waals surface area (Å²) in [4.78, 5) is 28.2. The summed E-state index contributed by atoms with van der Waals surface area (Å²) in [6.07, 6.45) is 2.53. The average molecular weight is 481 g/mol. The largest absolute Gasteiger partial charge is 0.480 e. The Balaban J connectivity index is 0.000000196. The molecule has 0 amide bonds. The van der Waals surface area contributed by atoms with Gasteiger partial charge in [0.15, 0.2) is 0 Å². The molecule has 34 heavy (non-hydrogen) atoms. The van der Waals surface area contributed by atoms with Crippen molar-refractivity contribution in [1.82, 2.24) is 9.97 Å². The molecule has 0 saturated heterocycles. The number of H-pyrrole nitrogens is 2. The minimum Gasteiger partial charge on any atom is -0.480 e. The van der Waals surface area contributed by atoms with Crippen molar-refractivity contribution in [2.75, 3.05) is 0 Å². The van der Waals surface area contributed by atoms with Gasteiger partial charge in [-0.25, -0.2) is 0 Å². The summed E-state index contributed by atoms with van der Waals surface area (Å²) in [6.45, 7) is 6.73. The van der Waals surface area contributed by atoms with Gasteiger partial charge in [0.2, 0.25) is 0 Å². The van der Waals surface area contributed by atoms with Crippen molar-refractivity contribution in [3.05, 3.63) is 65.9 Å². The van der Waals surface area contributed by atoms with Gasteiger partial charge in [-0.1, -0.05) is 56.0 Å². The van der Waals surface area contributed by atoms with Gasteiger partial charge in [0.05, 0.1) is 8.07 Å². The lowest BCUT2D eigenvalue weighted by Crippen LogP contribution is -2.43. The van der Waals surface area contributed by atoms with Crippen LogP contribution in [0.25, 0.3) is 21.8 Å². The van der Waals surface area contributed by atoms with Crippen LogP contribution in [-0.2, 0) is 22.4 Å². The number of aromatic amines is 2. The monoisotopic (exact) mass is 480 g/mol. The highest BCUT2D eigenvalue weighted by Crippen LogP contribution is 2.21. The predicted octanol–water partition coefficient (Wildman–Crippen LogP) is 2.79. The lowest BCUT2D eigenvalue weighted by Gasteiger charge is -2.18. The van der Waals surface area contributed by atoms with Crippen molar-refractivity contribution in [3.8, 4) is 0 Å². The molecular weight excluding hydrogens is 448 g/mol. The number of carboxylic acid groups (broad SMARTS) is 2. The van der Waals surface area contributed by atoms with Crippen molar-refractivity contribution in [2.24, 2.45) is 11.5 Å². The summed E-state index contributed by atoms with van der Waals surface area (Å²) >= 11 is 0. The topological polar surface area (TPSA) is 158 Å². The van der Waals surface area contributed by atoms with Crippen LogP contribution in [0.2, 0.25) is 19.6 Å². The van der Waals surface area contributed by atoms with Crippen LogP contribution < -0.4 is 16.8 Å². The van der Waals surface area contributed by atoms with Crippen LogP contribution in [-0.4, -0.2) is 52.3 Å². The van der Waals surface area contributed by atoms with Gasteiger partial charge in [0.25, 0.3) is 0 Å². The van der Waals surface area contributed by atoms with Crippen molar-refractivity contribution < 1.29 is 19.8 Å². The van der Waals surface area contributed by atoms with E-state index in [0.717, 1.165) is 32.9 Å². The number of carbonyl (C=O) groups is 2. The molecule has 4 aromatic rings. The molecule has 4 rings (SSSR count). The third-order valence-electron chi connectivity index (χ3n) is 5.74. The molecule has 0 saturated carbocycles. The standard InChI is InChI=1S/C14H20N2O2Si.C11H12N2O2/c1-19(2,3)13-10(8-11(15)14(17)18)9-6-4-5-7-12(9)16-13;12-9(11(14)15)5-7-6-13-10-4-2-1-3-8(7)10/h4-7,11,16H,8,15H2,1-3H3,(H,17,18);1-4,6,9,13H,5,12H2,(H,14,15)/t11-;9-/m00/s1. The Morgan fingerprint density at radius 2 is 1.38 bits per heavy atom. The van der Waals surface area contributed by atoms with Crippen LogP contribution in [0.3, 0.4) is 0 Å². The summed E-state index contributed by atoms with van der Waals surface area (Å²) in [5.74, 6) is -1.92. The van der Waals surface area contributed by atoms with Gasteiger partial charge in [0.1, 0.15) is 12.1 Å². The fourth-order valence-electron chi connectivity index (χ4n) is 3.98. The molecule has 2 heterocycles. The average Bonchev–Trinajstić information content (AvgIpc) is 3.36. The number of aromatic nitrogens is 2. The van der Waals surface area contributed by atoms with Gasteiger partial charge < -0.3 is 31.6 Å². The molecule has 2 atom stereocenters. The van der Waals surface area contributed by atoms with Crippen LogP contribution in [0.15, 0.2) is 54.7 Å². The number of rotatable bonds is 7. The van der Waals surface area contributed by atoms with E-state index >= 15 is 0 Å². The van der Waals surface area contributed by atoms with Gasteiger partial charge in [-0.15, -0.1) is 0 Å². The summed E-state index contributed by atoms with van der Waals surface area (Å²) in [7, 11) is -1.57. The normalized spacial score (nSPS) is 13.3. The van der Waals surface area contributed by atoms with E-state index in [9.17, 15) is 9.59 Å². The molecule has 0 bridgehead atoms. The first-order valence-corrected chi connectivity index (χ1v) is 14.6. The highest BCUT2D eigenvalue weighted by atomic mass is 28.3. The van der Waals surface area contributed by atoms with Crippen LogP contribution in [0.4, 0.5) is 0 Å². The molecule has 8 nitrogen and oxygen atoms in total. The lowest BCUT2D eigenvalue weighted by molar-refractivity contribution is -0.139. The molecule has 0 unspecified atom stereocenters. The second kappa shape index (κ2) is 10.2. The van der Waals surface area contributed by atoms with Gasteiger partial charge in [0, 0.05) is 46.2 Å². The van der Waals surface area contributed by atoms with E-state index in [2.05, 4.69) is 29.6 Å². The molecule has 180 valence electrons. The van der Waals surface area contributed by atoms with E-state index in [1.807, 2.05) is 54.7 Å². The zero-order valence-corrected chi connectivity index (χ0v) is 20.6. The number of carboxylic acids is 2. The van der Waals surface area contributed by atoms with E-state index in [-0.39, 0.29) is 0 Å². The SMILES string of the molecule is C[Si](C)(C)c1[nH]c2ccccc2c1C[C@H](N)C(=O)O.N[C@@H](Cc1c[nH]c2ccccc12)C(=O)O. The second-order valence-electron chi connectivity index (χ2n) is 9.43. The second-order valence-corrected chi connectivity index (χ2v) is 14.4. The van der Waals surface area contributed by atoms with Gasteiger partial charge in [-0.3, -0.25) is 9.59 Å². The fourth-order valence-corrected chi connectivity index (χ4v) is 5.64. The molecule has 0 aliphatic carbocycles. The van der Waals surface area contributed by atoms with Crippen molar-refractivity contribution >= 4 is 47.1 Å². The zero-order chi connectivity index (χ0) is 25.0. The number of hydrogen-bond donors (Lipinski definition) is 6. The number of para-hydroxylation sites is 2. The first kappa shape index (κ1) is 25.2. The van der Waals surface area contributed by atoms with Crippen LogP contribution in [0.5, 0.6) is 0 Å². The van der Waals surface area contributed by atoms with E-state index in [4.69, 9.17) is 21.7 Å². The molecule has 2 aromatic heterocycles. The lowest BCUT2D eigenvalue weighted by atomic mass is 10.1. The number of hydrogen-bond acceptors (Lipinski definition) is 4. The highest BCUT2D eigenvalue weighted by molar-refractivity contribution is 6.88. The summed E-state index contributed by atoms with van der Waals surface area (Å²) in [5.41, 5.74) is 15.3. The van der Waals surface area contributed by atoms with E-state index < -0.39 is 32.1 Å². The van der Waals surface area contributed by atoms with E-state index in [0.29, 0.717) is 12.8 Å². The maximum atomic E-state index is 11.0. The Labute approximate surface area is 199 Å². The molecular formula is C25H32N4O4Si. The molecule has 9 heteroatoms. The van der Waals surface area contributed by atoms with Gasteiger partial charge in [-0.05, 0) is 23.3 Å². The van der Waals surface area contributed by atoms with Crippen LogP contribution in [0.1, 0.15) is 11.1 Å². The Hall–Kier alpha value is -3.40. The highest BCUT2D eigenvalue weighted by Gasteiger charge is 2.26. The molecule has 0 radical (unpaired) electrons. The Morgan fingerprint density at radius 3 is 1.97 bits per heavy atom. The molecule has 2 aromatic carbocycles. The summed E-state index contributed by atoms with van der Waals surface area (Å²) in [6, 6.07) is 14.1. The molecule has 0 aliphatic heterocycles. The fraction of sp³-hybridized carbons (Fsp3) is 0.280. The quantitative estimate of drug-likeness (QED) is 0.223.